The number of aryl methyl sites for hydroxylation is 1. The standard InChI is InChI=1S/C32H33F5N6O3/c1-2-22-24-27(25(34)26(39-22)20-16-19(44)15-18-5-6-21(33)28(23(18)20)46-32(35,36)37)40-30(41-29(24)42-13-9-38-10-14-42)45-17-31-7-3-11-43(31)12-4-8-31/h5-6,15-16,38,44H,2-4,7-14,17H2,1H3. The fourth-order valence-electron chi connectivity index (χ4n) is 7.26. The quantitative estimate of drug-likeness (QED) is 0.246. The number of piperazine rings is 1. The fraction of sp³-hybridized carbons (Fsp3) is 0.469. The summed E-state index contributed by atoms with van der Waals surface area (Å²) in [5, 5.41) is 13.8. The molecule has 0 atom stereocenters. The monoisotopic (exact) mass is 644 g/mol. The highest BCUT2D eigenvalue weighted by atomic mass is 19.4. The maximum Gasteiger partial charge on any atom is 0.573 e. The van der Waals surface area contributed by atoms with Gasteiger partial charge in [-0.15, -0.1) is 13.2 Å². The summed E-state index contributed by atoms with van der Waals surface area (Å²) in [5.74, 6) is -3.34. The van der Waals surface area contributed by atoms with Crippen LogP contribution in [0.2, 0.25) is 0 Å². The predicted molar refractivity (Wildman–Crippen MR) is 161 cm³/mol. The Morgan fingerprint density at radius 3 is 2.41 bits per heavy atom. The first-order valence-corrected chi connectivity index (χ1v) is 15.5. The van der Waals surface area contributed by atoms with Crippen LogP contribution in [0.4, 0.5) is 27.8 Å². The van der Waals surface area contributed by atoms with Crippen LogP contribution >= 0.6 is 0 Å². The number of rotatable bonds is 7. The Morgan fingerprint density at radius 2 is 1.72 bits per heavy atom. The smallest absolute Gasteiger partial charge is 0.508 e. The van der Waals surface area contributed by atoms with Crippen molar-refractivity contribution in [2.24, 2.45) is 0 Å². The van der Waals surface area contributed by atoms with Crippen molar-refractivity contribution in [2.45, 2.75) is 50.9 Å². The second-order valence-electron chi connectivity index (χ2n) is 12.1. The number of aromatic hydroxyl groups is 1. The van der Waals surface area contributed by atoms with Crippen molar-refractivity contribution in [3.8, 4) is 28.8 Å². The molecule has 0 saturated carbocycles. The third kappa shape index (κ3) is 5.40. The number of hydrogen-bond donors (Lipinski definition) is 2. The number of phenols is 1. The molecule has 0 radical (unpaired) electrons. The number of benzene rings is 2. The first-order chi connectivity index (χ1) is 22.1. The minimum Gasteiger partial charge on any atom is -0.508 e. The Labute approximate surface area is 261 Å². The minimum absolute atomic E-state index is 0.000138. The van der Waals surface area contributed by atoms with Crippen LogP contribution in [0.1, 0.15) is 38.3 Å². The van der Waals surface area contributed by atoms with Gasteiger partial charge in [-0.3, -0.25) is 4.90 Å². The number of aromatic nitrogens is 3. The number of halogens is 5. The fourth-order valence-corrected chi connectivity index (χ4v) is 7.26. The molecule has 2 aromatic heterocycles. The van der Waals surface area contributed by atoms with Crippen LogP contribution in [0.3, 0.4) is 0 Å². The Kier molecular flexibility index (Phi) is 7.74. The summed E-state index contributed by atoms with van der Waals surface area (Å²) in [6.45, 7) is 6.67. The molecule has 0 bridgehead atoms. The summed E-state index contributed by atoms with van der Waals surface area (Å²) in [6, 6.07) is 4.15. The molecule has 244 valence electrons. The molecule has 7 rings (SSSR count). The lowest BCUT2D eigenvalue weighted by Crippen LogP contribution is -2.44. The van der Waals surface area contributed by atoms with Gasteiger partial charge in [-0.1, -0.05) is 13.0 Å². The molecule has 2 N–H and O–H groups in total. The van der Waals surface area contributed by atoms with Crippen LogP contribution < -0.4 is 19.7 Å². The topological polar surface area (TPSA) is 95.9 Å². The Hall–Kier alpha value is -4.04. The summed E-state index contributed by atoms with van der Waals surface area (Å²) < 4.78 is 82.4. The van der Waals surface area contributed by atoms with Crippen molar-refractivity contribution in [1.29, 1.82) is 0 Å². The van der Waals surface area contributed by atoms with Crippen molar-refractivity contribution >= 4 is 27.5 Å². The molecular formula is C32H33F5N6O3. The van der Waals surface area contributed by atoms with Gasteiger partial charge in [-0.2, -0.15) is 9.97 Å². The third-order valence-electron chi connectivity index (χ3n) is 9.33. The van der Waals surface area contributed by atoms with Gasteiger partial charge in [0.15, 0.2) is 17.4 Å². The van der Waals surface area contributed by atoms with Gasteiger partial charge in [-0.25, -0.2) is 13.8 Å². The molecule has 9 nitrogen and oxygen atoms in total. The average molecular weight is 645 g/mol. The number of phenolic OH excluding ortho intramolecular Hbond substituents is 1. The highest BCUT2D eigenvalue weighted by molar-refractivity contribution is 6.03. The molecule has 3 fully saturated rings. The summed E-state index contributed by atoms with van der Waals surface area (Å²) in [6.07, 6.45) is -0.846. The van der Waals surface area contributed by atoms with Gasteiger partial charge in [0.1, 0.15) is 29.4 Å². The number of fused-ring (bicyclic) bond motifs is 3. The summed E-state index contributed by atoms with van der Waals surface area (Å²) >= 11 is 0. The summed E-state index contributed by atoms with van der Waals surface area (Å²) in [5.41, 5.74) is -0.550. The summed E-state index contributed by atoms with van der Waals surface area (Å²) in [7, 11) is 0. The molecule has 5 heterocycles. The zero-order valence-electron chi connectivity index (χ0n) is 25.2. The van der Waals surface area contributed by atoms with Crippen molar-refractivity contribution < 1.29 is 36.5 Å². The van der Waals surface area contributed by atoms with Gasteiger partial charge in [0.2, 0.25) is 0 Å². The van der Waals surface area contributed by atoms with Crippen LogP contribution in [0.15, 0.2) is 24.3 Å². The number of hydrogen-bond acceptors (Lipinski definition) is 9. The van der Waals surface area contributed by atoms with Gasteiger partial charge < -0.3 is 24.8 Å². The van der Waals surface area contributed by atoms with Gasteiger partial charge in [-0.05, 0) is 68.8 Å². The zero-order valence-corrected chi connectivity index (χ0v) is 25.2. The van der Waals surface area contributed by atoms with E-state index in [1.165, 1.54) is 6.07 Å². The van der Waals surface area contributed by atoms with E-state index in [9.17, 15) is 22.7 Å². The Bertz CT molecular complexity index is 1800. The molecule has 3 aliphatic rings. The van der Waals surface area contributed by atoms with Crippen molar-refractivity contribution in [3.05, 3.63) is 41.6 Å². The third-order valence-corrected chi connectivity index (χ3v) is 9.33. The van der Waals surface area contributed by atoms with Gasteiger partial charge >= 0.3 is 12.4 Å². The molecule has 3 aliphatic heterocycles. The lowest BCUT2D eigenvalue weighted by atomic mass is 9.95. The normalized spacial score (nSPS) is 18.4. The zero-order chi connectivity index (χ0) is 32.2. The largest absolute Gasteiger partial charge is 0.573 e. The Morgan fingerprint density at radius 1 is 0.978 bits per heavy atom. The van der Waals surface area contributed by atoms with Crippen LogP contribution in [0.25, 0.3) is 32.9 Å². The first kappa shape index (κ1) is 30.6. The van der Waals surface area contributed by atoms with Crippen LogP contribution in [-0.4, -0.2) is 82.7 Å². The number of alkyl halides is 3. The summed E-state index contributed by atoms with van der Waals surface area (Å²) in [4.78, 5) is 18.3. The maximum atomic E-state index is 16.9. The molecular weight excluding hydrogens is 611 g/mol. The van der Waals surface area contributed by atoms with Crippen molar-refractivity contribution in [2.75, 3.05) is 50.8 Å². The molecule has 0 unspecified atom stereocenters. The molecule has 14 heteroatoms. The predicted octanol–water partition coefficient (Wildman–Crippen LogP) is 5.71. The number of anilines is 1. The van der Waals surface area contributed by atoms with Gasteiger partial charge in [0.05, 0.1) is 16.6 Å². The first-order valence-electron chi connectivity index (χ1n) is 15.5. The molecule has 0 spiro atoms. The van der Waals surface area contributed by atoms with Crippen LogP contribution in [-0.2, 0) is 6.42 Å². The molecule has 2 aromatic carbocycles. The van der Waals surface area contributed by atoms with Gasteiger partial charge in [0, 0.05) is 37.1 Å². The molecule has 0 amide bonds. The molecule has 46 heavy (non-hydrogen) atoms. The van der Waals surface area contributed by atoms with Crippen molar-refractivity contribution in [3.63, 3.8) is 0 Å². The molecule has 0 aliphatic carbocycles. The number of nitrogens with one attached hydrogen (secondary N) is 1. The molecule has 3 saturated heterocycles. The average Bonchev–Trinajstić information content (AvgIpc) is 3.62. The lowest BCUT2D eigenvalue weighted by Gasteiger charge is -2.32. The van der Waals surface area contributed by atoms with Crippen LogP contribution in [0, 0.1) is 11.6 Å². The van der Waals surface area contributed by atoms with E-state index in [1.807, 2.05) is 11.8 Å². The van der Waals surface area contributed by atoms with Crippen molar-refractivity contribution in [1.82, 2.24) is 25.2 Å². The second-order valence-corrected chi connectivity index (χ2v) is 12.1. The Balaban J connectivity index is 1.44. The highest BCUT2D eigenvalue weighted by Gasteiger charge is 2.45. The number of ether oxygens (including phenoxy) is 2. The van der Waals surface area contributed by atoms with E-state index in [4.69, 9.17) is 9.72 Å². The van der Waals surface area contributed by atoms with E-state index in [0.717, 1.165) is 57.0 Å². The van der Waals surface area contributed by atoms with E-state index in [1.54, 1.807) is 0 Å². The number of pyridine rings is 1. The SMILES string of the molecule is CCc1nc(-c2cc(O)cc3ccc(F)c(OC(F)(F)F)c23)c(F)c2nc(OCC34CCCN3CCC4)nc(N3CCNCC3)c12. The maximum absolute atomic E-state index is 16.9. The van der Waals surface area contributed by atoms with E-state index in [-0.39, 0.29) is 33.8 Å². The van der Waals surface area contributed by atoms with E-state index >= 15 is 4.39 Å². The minimum atomic E-state index is -5.24. The number of nitrogens with zero attached hydrogens (tertiary/aromatic N) is 5. The lowest BCUT2D eigenvalue weighted by molar-refractivity contribution is -0.275. The van der Waals surface area contributed by atoms with E-state index in [2.05, 4.69) is 24.9 Å². The van der Waals surface area contributed by atoms with E-state index < -0.39 is 34.8 Å². The van der Waals surface area contributed by atoms with E-state index in [0.29, 0.717) is 56.1 Å². The van der Waals surface area contributed by atoms with Gasteiger partial charge in [0.25, 0.3) is 0 Å². The molecule has 4 aromatic rings. The second kappa shape index (κ2) is 11.6. The van der Waals surface area contributed by atoms with Crippen LogP contribution in [0.5, 0.6) is 17.5 Å². The highest BCUT2D eigenvalue weighted by Crippen LogP contribution is 2.44.